The molecule has 1 aromatic carbocycles. The van der Waals surface area contributed by atoms with Crippen molar-refractivity contribution in [2.24, 2.45) is 0 Å². The number of nitrogens with two attached hydrogens (primary N) is 1. The number of aromatic nitrogens is 1. The molecule has 18 heavy (non-hydrogen) atoms. The molecule has 2 aromatic rings. The van der Waals surface area contributed by atoms with E-state index >= 15 is 0 Å². The van der Waals surface area contributed by atoms with E-state index in [9.17, 15) is 0 Å². The molecule has 0 aliphatic heterocycles. The lowest BCUT2D eigenvalue weighted by atomic mass is 10.1. The van der Waals surface area contributed by atoms with Gasteiger partial charge in [0.15, 0.2) is 5.13 Å². The zero-order chi connectivity index (χ0) is 12.4. The number of hydrogen-bond donors (Lipinski definition) is 1. The first-order valence-corrected chi connectivity index (χ1v) is 7.14. The predicted octanol–water partition coefficient (Wildman–Crippen LogP) is 2.84. The molecule has 0 unspecified atom stereocenters. The summed E-state index contributed by atoms with van der Waals surface area (Å²) in [5, 5.41) is 2.61. The first-order chi connectivity index (χ1) is 8.81. The quantitative estimate of drug-likeness (QED) is 0.919. The summed E-state index contributed by atoms with van der Waals surface area (Å²) in [6, 6.07) is 6.44. The lowest BCUT2D eigenvalue weighted by molar-refractivity contribution is 0.320. The highest BCUT2D eigenvalue weighted by atomic mass is 32.1. The largest absolute Gasteiger partial charge is 0.493 e. The van der Waals surface area contributed by atoms with Gasteiger partial charge < -0.3 is 10.5 Å². The monoisotopic (exact) mass is 260 g/mol. The normalized spacial score (nSPS) is 13.6. The maximum Gasteiger partial charge on any atom is 0.180 e. The van der Waals surface area contributed by atoms with E-state index in [-0.39, 0.29) is 0 Å². The number of ether oxygens (including phenoxy) is 1. The maximum absolute atomic E-state index is 5.77. The number of fused-ring (bicyclic) bond motifs is 1. The number of thiazole rings is 1. The summed E-state index contributed by atoms with van der Waals surface area (Å²) in [5.74, 6) is 0.971. The van der Waals surface area contributed by atoms with Gasteiger partial charge in [0.1, 0.15) is 5.75 Å². The van der Waals surface area contributed by atoms with Crippen molar-refractivity contribution in [1.82, 2.24) is 4.98 Å². The van der Waals surface area contributed by atoms with Gasteiger partial charge in [-0.15, -0.1) is 11.3 Å². The molecule has 4 heteroatoms. The fourth-order valence-corrected chi connectivity index (χ4v) is 2.95. The summed E-state index contributed by atoms with van der Waals surface area (Å²) in [5.41, 5.74) is 9.53. The van der Waals surface area contributed by atoms with E-state index in [4.69, 9.17) is 10.5 Å². The van der Waals surface area contributed by atoms with Crippen LogP contribution < -0.4 is 10.5 Å². The third-order valence-corrected chi connectivity index (χ3v) is 3.99. The van der Waals surface area contributed by atoms with Crippen LogP contribution in [0.15, 0.2) is 23.6 Å². The lowest BCUT2D eigenvalue weighted by Crippen LogP contribution is -2.02. The third-order valence-electron chi connectivity index (χ3n) is 3.27. The first kappa shape index (κ1) is 11.5. The molecule has 3 nitrogen and oxygen atoms in total. The molecule has 0 amide bonds. The summed E-state index contributed by atoms with van der Waals surface area (Å²) >= 11 is 1.48. The van der Waals surface area contributed by atoms with Gasteiger partial charge in [0.05, 0.1) is 12.3 Å². The van der Waals surface area contributed by atoms with E-state index < -0.39 is 0 Å². The van der Waals surface area contributed by atoms with Crippen molar-refractivity contribution >= 4 is 16.5 Å². The Balaban J connectivity index is 1.57. The Bertz CT molecular complexity index is 550. The summed E-state index contributed by atoms with van der Waals surface area (Å²) < 4.78 is 5.77. The van der Waals surface area contributed by atoms with Crippen LogP contribution in [0.3, 0.4) is 0 Å². The van der Waals surface area contributed by atoms with E-state index in [1.807, 2.05) is 5.38 Å². The molecule has 1 aliphatic carbocycles. The van der Waals surface area contributed by atoms with Crippen LogP contribution in [0.2, 0.25) is 0 Å². The molecular weight excluding hydrogens is 244 g/mol. The molecule has 1 aromatic heterocycles. The third kappa shape index (κ3) is 2.48. The van der Waals surface area contributed by atoms with Crippen LogP contribution in [0.25, 0.3) is 0 Å². The molecule has 0 fully saturated rings. The first-order valence-electron chi connectivity index (χ1n) is 6.26. The highest BCUT2D eigenvalue weighted by Crippen LogP contribution is 2.26. The molecule has 3 rings (SSSR count). The van der Waals surface area contributed by atoms with Gasteiger partial charge in [-0.1, -0.05) is 6.07 Å². The van der Waals surface area contributed by atoms with Crippen molar-refractivity contribution in [3.05, 3.63) is 40.4 Å². The number of nitrogen functional groups attached to an aromatic ring is 1. The number of anilines is 1. The second-order valence-corrected chi connectivity index (χ2v) is 5.45. The zero-order valence-corrected chi connectivity index (χ0v) is 11.0. The van der Waals surface area contributed by atoms with Crippen molar-refractivity contribution in [2.75, 3.05) is 12.3 Å². The second kappa shape index (κ2) is 4.98. The summed E-state index contributed by atoms with van der Waals surface area (Å²) in [7, 11) is 0. The van der Waals surface area contributed by atoms with Gasteiger partial charge in [-0.2, -0.15) is 0 Å². The number of benzene rings is 1. The molecular formula is C14H16N2OS. The van der Waals surface area contributed by atoms with Gasteiger partial charge in [0.2, 0.25) is 0 Å². The van der Waals surface area contributed by atoms with E-state index in [0.29, 0.717) is 11.7 Å². The fraction of sp³-hybridized carbons (Fsp3) is 0.357. The van der Waals surface area contributed by atoms with E-state index in [1.165, 1.54) is 41.7 Å². The standard InChI is InChI=1S/C14H16N2OS/c15-14-16-12(9-18-14)6-7-17-13-5-4-10-2-1-3-11(10)8-13/h4-5,8-9H,1-3,6-7H2,(H2,15,16). The summed E-state index contributed by atoms with van der Waals surface area (Å²) in [6.45, 7) is 0.655. The van der Waals surface area contributed by atoms with Gasteiger partial charge in [0.25, 0.3) is 0 Å². The average Bonchev–Trinajstić information content (AvgIpc) is 2.97. The molecule has 0 spiro atoms. The summed E-state index contributed by atoms with van der Waals surface area (Å²) in [4.78, 5) is 4.22. The Morgan fingerprint density at radius 1 is 1.28 bits per heavy atom. The zero-order valence-electron chi connectivity index (χ0n) is 10.2. The van der Waals surface area contributed by atoms with Gasteiger partial charge in [-0.3, -0.25) is 0 Å². The van der Waals surface area contributed by atoms with Gasteiger partial charge in [0, 0.05) is 11.8 Å². The number of rotatable bonds is 4. The van der Waals surface area contributed by atoms with Crippen molar-refractivity contribution in [2.45, 2.75) is 25.7 Å². The van der Waals surface area contributed by atoms with Crippen LogP contribution in [0.1, 0.15) is 23.2 Å². The topological polar surface area (TPSA) is 48.1 Å². The molecule has 2 N–H and O–H groups in total. The molecule has 94 valence electrons. The molecule has 0 radical (unpaired) electrons. The van der Waals surface area contributed by atoms with Crippen LogP contribution in [-0.2, 0) is 19.3 Å². The minimum Gasteiger partial charge on any atom is -0.493 e. The molecule has 0 atom stereocenters. The number of nitrogens with zero attached hydrogens (tertiary/aromatic N) is 1. The maximum atomic E-state index is 5.77. The Labute approximate surface area is 111 Å². The molecule has 0 saturated carbocycles. The minimum atomic E-state index is 0.627. The Hall–Kier alpha value is -1.55. The number of hydrogen-bond acceptors (Lipinski definition) is 4. The Kier molecular flexibility index (Phi) is 3.19. The van der Waals surface area contributed by atoms with Crippen LogP contribution in [0, 0.1) is 0 Å². The minimum absolute atomic E-state index is 0.627. The van der Waals surface area contributed by atoms with E-state index in [0.717, 1.165) is 17.9 Å². The molecule has 0 saturated heterocycles. The van der Waals surface area contributed by atoms with Crippen LogP contribution >= 0.6 is 11.3 Å². The van der Waals surface area contributed by atoms with Gasteiger partial charge >= 0.3 is 0 Å². The van der Waals surface area contributed by atoms with Crippen molar-refractivity contribution in [1.29, 1.82) is 0 Å². The SMILES string of the molecule is Nc1nc(CCOc2ccc3c(c2)CCC3)cs1. The highest BCUT2D eigenvalue weighted by molar-refractivity contribution is 7.13. The molecule has 1 aliphatic rings. The van der Waals surface area contributed by atoms with E-state index in [2.05, 4.69) is 23.2 Å². The molecule has 1 heterocycles. The van der Waals surface area contributed by atoms with Crippen molar-refractivity contribution < 1.29 is 4.74 Å². The van der Waals surface area contributed by atoms with Crippen LogP contribution in [-0.4, -0.2) is 11.6 Å². The van der Waals surface area contributed by atoms with E-state index in [1.54, 1.807) is 0 Å². The van der Waals surface area contributed by atoms with Crippen molar-refractivity contribution in [3.63, 3.8) is 0 Å². The van der Waals surface area contributed by atoms with Crippen molar-refractivity contribution in [3.8, 4) is 5.75 Å². The number of aryl methyl sites for hydroxylation is 2. The smallest absolute Gasteiger partial charge is 0.180 e. The lowest BCUT2D eigenvalue weighted by Gasteiger charge is -2.07. The summed E-state index contributed by atoms with van der Waals surface area (Å²) in [6.07, 6.45) is 4.49. The Morgan fingerprint density at radius 2 is 2.17 bits per heavy atom. The fourth-order valence-electron chi connectivity index (χ4n) is 2.35. The van der Waals surface area contributed by atoms with Gasteiger partial charge in [-0.25, -0.2) is 4.98 Å². The molecule has 0 bridgehead atoms. The highest BCUT2D eigenvalue weighted by Gasteiger charge is 2.11. The Morgan fingerprint density at radius 3 is 3.00 bits per heavy atom. The predicted molar refractivity (Wildman–Crippen MR) is 74.2 cm³/mol. The van der Waals surface area contributed by atoms with Crippen LogP contribution in [0.5, 0.6) is 5.75 Å². The van der Waals surface area contributed by atoms with Gasteiger partial charge in [-0.05, 0) is 42.5 Å². The average molecular weight is 260 g/mol. The second-order valence-electron chi connectivity index (χ2n) is 4.56. The van der Waals surface area contributed by atoms with Crippen LogP contribution in [0.4, 0.5) is 5.13 Å².